The van der Waals surface area contributed by atoms with E-state index < -0.39 is 23.9 Å². The van der Waals surface area contributed by atoms with Crippen LogP contribution in [0.3, 0.4) is 0 Å². The second-order valence-electron chi connectivity index (χ2n) is 4.56. The number of thiophene rings is 1. The molecule has 0 unspecified atom stereocenters. The third kappa shape index (κ3) is 3.16. The third-order valence-electron chi connectivity index (χ3n) is 3.17. The maximum Gasteiger partial charge on any atom is 0.326 e. The fourth-order valence-electron chi connectivity index (χ4n) is 2.12. The Kier molecular flexibility index (Phi) is 4.39. The smallest absolute Gasteiger partial charge is 0.326 e. The molecule has 2 N–H and O–H groups in total. The van der Waals surface area contributed by atoms with Gasteiger partial charge in [-0.2, -0.15) is 0 Å². The van der Waals surface area contributed by atoms with Gasteiger partial charge in [0, 0.05) is 4.88 Å². The summed E-state index contributed by atoms with van der Waals surface area (Å²) in [5.41, 5.74) is 1.17. The van der Waals surface area contributed by atoms with Crippen molar-refractivity contribution in [3.63, 3.8) is 0 Å². The fourth-order valence-corrected chi connectivity index (χ4v) is 3.28. The number of rotatable bonds is 5. The highest BCUT2D eigenvalue weighted by atomic mass is 32.1. The highest BCUT2D eigenvalue weighted by molar-refractivity contribution is 7.14. The van der Waals surface area contributed by atoms with Crippen molar-refractivity contribution in [2.45, 2.75) is 31.7 Å². The minimum absolute atomic E-state index is 0.386. The molecule has 0 spiro atoms. The lowest BCUT2D eigenvalue weighted by atomic mass is 10.2. The van der Waals surface area contributed by atoms with Gasteiger partial charge in [0.05, 0.1) is 18.4 Å². The van der Waals surface area contributed by atoms with Crippen molar-refractivity contribution < 1.29 is 24.2 Å². The highest BCUT2D eigenvalue weighted by Gasteiger charge is 2.26. The number of ether oxygens (including phenoxy) is 1. The summed E-state index contributed by atoms with van der Waals surface area (Å²) in [6.45, 7) is 0. The van der Waals surface area contributed by atoms with E-state index in [1.165, 1.54) is 28.9 Å². The topological polar surface area (TPSA) is 92.7 Å². The van der Waals surface area contributed by atoms with Crippen molar-refractivity contribution in [2.75, 3.05) is 7.11 Å². The number of carboxylic acid groups (broad SMARTS) is 1. The molecule has 1 heterocycles. The average molecular weight is 297 g/mol. The van der Waals surface area contributed by atoms with Crippen LogP contribution < -0.4 is 5.32 Å². The molecule has 0 bridgehead atoms. The van der Waals surface area contributed by atoms with Crippen molar-refractivity contribution in [3.05, 3.63) is 21.4 Å². The summed E-state index contributed by atoms with van der Waals surface area (Å²) in [4.78, 5) is 35.9. The maximum absolute atomic E-state index is 12.0. The SMILES string of the molecule is COC(=O)C[C@H](NC(=O)c1cc2c(s1)CCC2)C(=O)O. The van der Waals surface area contributed by atoms with Crippen LogP contribution >= 0.6 is 11.3 Å². The van der Waals surface area contributed by atoms with Gasteiger partial charge >= 0.3 is 11.9 Å². The zero-order valence-electron chi connectivity index (χ0n) is 11.0. The van der Waals surface area contributed by atoms with Gasteiger partial charge in [-0.25, -0.2) is 4.79 Å². The van der Waals surface area contributed by atoms with Crippen molar-refractivity contribution in [3.8, 4) is 0 Å². The molecule has 1 atom stereocenters. The number of hydrogen-bond donors (Lipinski definition) is 2. The Bertz CT molecular complexity index is 529. The summed E-state index contributed by atoms with van der Waals surface area (Å²) >= 11 is 1.39. The first-order chi connectivity index (χ1) is 9.51. The number of carbonyl (C=O) groups is 3. The van der Waals surface area contributed by atoms with Gasteiger partial charge in [0.25, 0.3) is 5.91 Å². The molecule has 1 aromatic heterocycles. The van der Waals surface area contributed by atoms with Gasteiger partial charge in [0.1, 0.15) is 6.04 Å². The largest absolute Gasteiger partial charge is 0.480 e. The molecule has 2 rings (SSSR count). The Morgan fingerprint density at radius 3 is 2.80 bits per heavy atom. The molecular weight excluding hydrogens is 282 g/mol. The van der Waals surface area contributed by atoms with Crippen molar-refractivity contribution in [1.82, 2.24) is 5.32 Å². The molecule has 0 aromatic carbocycles. The molecule has 7 heteroatoms. The summed E-state index contributed by atoms with van der Waals surface area (Å²) in [6, 6.07) is 0.534. The number of aliphatic carboxylic acids is 1. The zero-order chi connectivity index (χ0) is 14.7. The minimum atomic E-state index is -1.27. The van der Waals surface area contributed by atoms with Crippen molar-refractivity contribution in [1.29, 1.82) is 0 Å². The van der Waals surface area contributed by atoms with Gasteiger partial charge in [-0.05, 0) is 30.9 Å². The molecule has 0 radical (unpaired) electrons. The molecule has 0 fully saturated rings. The molecular formula is C13H15NO5S. The van der Waals surface area contributed by atoms with Crippen LogP contribution in [-0.2, 0) is 27.2 Å². The van der Waals surface area contributed by atoms with Crippen LogP contribution in [-0.4, -0.2) is 36.1 Å². The number of aryl methyl sites for hydroxylation is 2. The molecule has 0 aliphatic heterocycles. The summed E-state index contributed by atoms with van der Waals surface area (Å²) in [6.07, 6.45) is 2.65. The predicted molar refractivity (Wildman–Crippen MR) is 71.9 cm³/mol. The Hall–Kier alpha value is -1.89. The van der Waals surface area contributed by atoms with Gasteiger partial charge in [0.15, 0.2) is 0 Å². The van der Waals surface area contributed by atoms with Crippen LogP contribution in [0.15, 0.2) is 6.07 Å². The van der Waals surface area contributed by atoms with Crippen LogP contribution in [0.4, 0.5) is 0 Å². The predicted octanol–water partition coefficient (Wildman–Crippen LogP) is 0.983. The van der Waals surface area contributed by atoms with E-state index in [2.05, 4.69) is 10.1 Å². The van der Waals surface area contributed by atoms with Crippen molar-refractivity contribution in [2.24, 2.45) is 0 Å². The van der Waals surface area contributed by atoms with Crippen LogP contribution in [0.2, 0.25) is 0 Å². The van der Waals surface area contributed by atoms with E-state index in [9.17, 15) is 14.4 Å². The summed E-state index contributed by atoms with van der Waals surface area (Å²) in [5, 5.41) is 11.4. The molecule has 108 valence electrons. The number of carbonyl (C=O) groups excluding carboxylic acids is 2. The Morgan fingerprint density at radius 1 is 1.45 bits per heavy atom. The number of methoxy groups -OCH3 is 1. The van der Waals surface area contributed by atoms with Crippen LogP contribution in [0.1, 0.15) is 33.0 Å². The van der Waals surface area contributed by atoms with E-state index in [-0.39, 0.29) is 6.42 Å². The van der Waals surface area contributed by atoms with Crippen LogP contribution in [0.5, 0.6) is 0 Å². The second kappa shape index (κ2) is 6.04. The monoisotopic (exact) mass is 297 g/mol. The molecule has 1 amide bonds. The standard InChI is InChI=1S/C13H15NO5S/c1-19-11(15)6-8(13(17)18)14-12(16)10-5-7-3-2-4-9(7)20-10/h5,8H,2-4,6H2,1H3,(H,14,16)(H,17,18)/t8-/m0/s1. The number of amides is 1. The number of nitrogens with one attached hydrogen (secondary N) is 1. The summed E-state index contributed by atoms with van der Waals surface area (Å²) in [5.74, 6) is -2.39. The number of esters is 1. The minimum Gasteiger partial charge on any atom is -0.480 e. The number of fused-ring (bicyclic) bond motifs is 1. The fraction of sp³-hybridized carbons (Fsp3) is 0.462. The van der Waals surface area contributed by atoms with E-state index in [1.807, 2.05) is 0 Å². The molecule has 1 aliphatic rings. The van der Waals surface area contributed by atoms with Gasteiger partial charge in [-0.1, -0.05) is 0 Å². The lowest BCUT2D eigenvalue weighted by Gasteiger charge is -2.12. The normalized spacial score (nSPS) is 14.4. The first-order valence-corrected chi connectivity index (χ1v) is 7.05. The van der Waals surface area contributed by atoms with Crippen LogP contribution in [0.25, 0.3) is 0 Å². The second-order valence-corrected chi connectivity index (χ2v) is 5.69. The quantitative estimate of drug-likeness (QED) is 0.790. The van der Waals surface area contributed by atoms with E-state index in [0.717, 1.165) is 19.3 Å². The van der Waals surface area contributed by atoms with E-state index in [0.29, 0.717) is 4.88 Å². The Balaban J connectivity index is 2.03. The van der Waals surface area contributed by atoms with Gasteiger partial charge in [-0.3, -0.25) is 9.59 Å². The molecule has 0 saturated heterocycles. The molecule has 1 aliphatic carbocycles. The first kappa shape index (κ1) is 14.5. The zero-order valence-corrected chi connectivity index (χ0v) is 11.8. The van der Waals surface area contributed by atoms with E-state index in [4.69, 9.17) is 5.11 Å². The highest BCUT2D eigenvalue weighted by Crippen LogP contribution is 2.30. The van der Waals surface area contributed by atoms with Crippen molar-refractivity contribution >= 4 is 29.2 Å². The average Bonchev–Trinajstić information content (AvgIpc) is 2.97. The maximum atomic E-state index is 12.0. The lowest BCUT2D eigenvalue weighted by molar-refractivity contribution is -0.147. The van der Waals surface area contributed by atoms with Crippen LogP contribution in [0, 0.1) is 0 Å². The third-order valence-corrected chi connectivity index (χ3v) is 4.41. The first-order valence-electron chi connectivity index (χ1n) is 6.23. The van der Waals surface area contributed by atoms with E-state index >= 15 is 0 Å². The number of hydrogen-bond acceptors (Lipinski definition) is 5. The molecule has 6 nitrogen and oxygen atoms in total. The van der Waals surface area contributed by atoms with Gasteiger partial charge in [0.2, 0.25) is 0 Å². The molecule has 0 saturated carbocycles. The number of carboxylic acids is 1. The van der Waals surface area contributed by atoms with E-state index in [1.54, 1.807) is 6.07 Å². The summed E-state index contributed by atoms with van der Waals surface area (Å²) in [7, 11) is 1.17. The Morgan fingerprint density at radius 2 is 2.20 bits per heavy atom. The molecule has 1 aromatic rings. The summed E-state index contributed by atoms with van der Waals surface area (Å²) < 4.78 is 4.42. The van der Waals surface area contributed by atoms with Gasteiger partial charge < -0.3 is 15.2 Å². The lowest BCUT2D eigenvalue weighted by Crippen LogP contribution is -2.42. The molecule has 20 heavy (non-hydrogen) atoms. The Labute approximate surface area is 119 Å². The van der Waals surface area contributed by atoms with Gasteiger partial charge in [-0.15, -0.1) is 11.3 Å².